The van der Waals surface area contributed by atoms with E-state index >= 15 is 0 Å². The molecule has 0 fully saturated rings. The van der Waals surface area contributed by atoms with Crippen LogP contribution in [0.3, 0.4) is 0 Å². The average molecular weight is 455 g/mol. The Balaban J connectivity index is 1.59. The van der Waals surface area contributed by atoms with E-state index in [2.05, 4.69) is 25.6 Å². The predicted molar refractivity (Wildman–Crippen MR) is 115 cm³/mol. The number of hydrogen-bond acceptors (Lipinski definition) is 6. The molecule has 162 valence electrons. The molecule has 0 aliphatic heterocycles. The van der Waals surface area contributed by atoms with Gasteiger partial charge in [-0.15, -0.1) is 0 Å². The molecule has 3 heterocycles. The molecule has 0 saturated carbocycles. The predicted octanol–water partition coefficient (Wildman–Crippen LogP) is 5.29. The summed E-state index contributed by atoms with van der Waals surface area (Å²) in [6.45, 7) is 0.180. The topological polar surface area (TPSA) is 79.8 Å². The minimum Gasteiger partial charge on any atom is -0.347 e. The Morgan fingerprint density at radius 1 is 1.00 bits per heavy atom. The Kier molecular flexibility index (Phi) is 6.13. The summed E-state index contributed by atoms with van der Waals surface area (Å²) in [4.78, 5) is 25.7. The molecule has 0 aliphatic rings. The van der Waals surface area contributed by atoms with Gasteiger partial charge in [0.15, 0.2) is 5.13 Å². The summed E-state index contributed by atoms with van der Waals surface area (Å²) in [5.74, 6) is -0.295. The number of pyridine rings is 2. The molecular formula is C22H16F3N5OS. The first-order valence-electron chi connectivity index (χ1n) is 9.43. The summed E-state index contributed by atoms with van der Waals surface area (Å²) in [5, 5.41) is 6.15. The van der Waals surface area contributed by atoms with Crippen molar-refractivity contribution in [1.82, 2.24) is 20.3 Å². The SMILES string of the molecule is O=C(NCc1sc(Nc2cccc(C(F)(F)F)c2)nc1-c1cccnc1)c1cccnc1. The van der Waals surface area contributed by atoms with Crippen LogP contribution in [0.2, 0.25) is 0 Å². The van der Waals surface area contributed by atoms with E-state index in [0.717, 1.165) is 22.6 Å². The largest absolute Gasteiger partial charge is 0.416 e. The van der Waals surface area contributed by atoms with E-state index in [-0.39, 0.29) is 18.1 Å². The number of nitrogens with zero attached hydrogens (tertiary/aromatic N) is 3. The van der Waals surface area contributed by atoms with Gasteiger partial charge in [-0.3, -0.25) is 14.8 Å². The zero-order chi connectivity index (χ0) is 22.6. The van der Waals surface area contributed by atoms with Crippen molar-refractivity contribution in [3.63, 3.8) is 0 Å². The molecular weight excluding hydrogens is 439 g/mol. The summed E-state index contributed by atoms with van der Waals surface area (Å²) in [7, 11) is 0. The molecule has 1 aromatic carbocycles. The first kappa shape index (κ1) is 21.4. The van der Waals surface area contributed by atoms with Crippen molar-refractivity contribution in [3.8, 4) is 11.3 Å². The Morgan fingerprint density at radius 3 is 2.47 bits per heavy atom. The van der Waals surface area contributed by atoms with Crippen molar-refractivity contribution in [2.75, 3.05) is 5.32 Å². The fraction of sp³-hybridized carbons (Fsp3) is 0.0909. The van der Waals surface area contributed by atoms with Gasteiger partial charge in [-0.2, -0.15) is 13.2 Å². The number of nitrogens with one attached hydrogen (secondary N) is 2. The molecule has 10 heteroatoms. The quantitative estimate of drug-likeness (QED) is 0.413. The van der Waals surface area contributed by atoms with Crippen LogP contribution in [0.5, 0.6) is 0 Å². The average Bonchev–Trinajstić information content (AvgIpc) is 3.21. The summed E-state index contributed by atoms with van der Waals surface area (Å²) in [6.07, 6.45) is 1.86. The van der Waals surface area contributed by atoms with Crippen LogP contribution in [-0.2, 0) is 12.7 Å². The van der Waals surface area contributed by atoms with Crippen LogP contribution in [-0.4, -0.2) is 20.9 Å². The Hall–Kier alpha value is -3.79. The fourth-order valence-corrected chi connectivity index (χ4v) is 3.85. The molecule has 0 radical (unpaired) electrons. The number of thiazole rings is 1. The van der Waals surface area contributed by atoms with E-state index in [4.69, 9.17) is 0 Å². The minimum atomic E-state index is -4.44. The zero-order valence-electron chi connectivity index (χ0n) is 16.4. The Bertz CT molecular complexity index is 1210. The van der Waals surface area contributed by atoms with Gasteiger partial charge in [-0.25, -0.2) is 4.98 Å². The molecule has 32 heavy (non-hydrogen) atoms. The second-order valence-electron chi connectivity index (χ2n) is 6.66. The molecule has 1 amide bonds. The van der Waals surface area contributed by atoms with Gasteiger partial charge in [0.25, 0.3) is 5.91 Å². The molecule has 3 aromatic heterocycles. The van der Waals surface area contributed by atoms with E-state index in [1.165, 1.54) is 29.7 Å². The maximum atomic E-state index is 13.0. The van der Waals surface area contributed by atoms with Crippen molar-refractivity contribution in [1.29, 1.82) is 0 Å². The van der Waals surface area contributed by atoms with E-state index < -0.39 is 11.7 Å². The number of carbonyl (C=O) groups is 1. The number of aromatic nitrogens is 3. The van der Waals surface area contributed by atoms with Crippen molar-refractivity contribution >= 4 is 28.1 Å². The number of anilines is 2. The van der Waals surface area contributed by atoms with Crippen LogP contribution in [0.15, 0.2) is 73.3 Å². The number of amides is 1. The molecule has 0 aliphatic carbocycles. The first-order chi connectivity index (χ1) is 15.4. The van der Waals surface area contributed by atoms with Crippen LogP contribution < -0.4 is 10.6 Å². The number of hydrogen-bond donors (Lipinski definition) is 2. The maximum absolute atomic E-state index is 13.0. The van der Waals surface area contributed by atoms with Crippen LogP contribution in [0.25, 0.3) is 11.3 Å². The summed E-state index contributed by atoms with van der Waals surface area (Å²) in [5.41, 5.74) is 1.24. The van der Waals surface area contributed by atoms with Crippen molar-refractivity contribution in [2.45, 2.75) is 12.7 Å². The third-order valence-electron chi connectivity index (χ3n) is 4.41. The van der Waals surface area contributed by atoms with Gasteiger partial charge in [0.2, 0.25) is 0 Å². The first-order valence-corrected chi connectivity index (χ1v) is 10.2. The van der Waals surface area contributed by atoms with Gasteiger partial charge in [0.1, 0.15) is 0 Å². The monoisotopic (exact) mass is 455 g/mol. The normalized spacial score (nSPS) is 11.2. The lowest BCUT2D eigenvalue weighted by Crippen LogP contribution is -2.22. The number of carbonyl (C=O) groups excluding carboxylic acids is 1. The fourth-order valence-electron chi connectivity index (χ4n) is 2.91. The number of rotatable bonds is 6. The number of alkyl halides is 3. The van der Waals surface area contributed by atoms with Crippen LogP contribution in [0.1, 0.15) is 20.8 Å². The third-order valence-corrected chi connectivity index (χ3v) is 5.38. The van der Waals surface area contributed by atoms with E-state index in [1.807, 2.05) is 6.07 Å². The number of halogens is 3. The van der Waals surface area contributed by atoms with Gasteiger partial charge < -0.3 is 10.6 Å². The lowest BCUT2D eigenvalue weighted by Gasteiger charge is -2.08. The maximum Gasteiger partial charge on any atom is 0.416 e. The zero-order valence-corrected chi connectivity index (χ0v) is 17.2. The summed E-state index contributed by atoms with van der Waals surface area (Å²) in [6, 6.07) is 11.8. The van der Waals surface area contributed by atoms with Gasteiger partial charge in [0.05, 0.1) is 28.2 Å². The molecule has 0 saturated heterocycles. The molecule has 0 atom stereocenters. The van der Waals surface area contributed by atoms with Crippen LogP contribution in [0, 0.1) is 0 Å². The van der Waals surface area contributed by atoms with Gasteiger partial charge in [0, 0.05) is 36.0 Å². The van der Waals surface area contributed by atoms with Crippen molar-refractivity contribution in [3.05, 3.63) is 89.3 Å². The van der Waals surface area contributed by atoms with Gasteiger partial charge in [-0.05, 0) is 42.5 Å². The Labute approximate surface area is 185 Å². The van der Waals surface area contributed by atoms with Gasteiger partial charge in [-0.1, -0.05) is 17.4 Å². The molecule has 2 N–H and O–H groups in total. The van der Waals surface area contributed by atoms with E-state index in [9.17, 15) is 18.0 Å². The summed E-state index contributed by atoms with van der Waals surface area (Å²) >= 11 is 1.24. The molecule has 0 spiro atoms. The highest BCUT2D eigenvalue weighted by Gasteiger charge is 2.30. The highest BCUT2D eigenvalue weighted by atomic mass is 32.1. The van der Waals surface area contributed by atoms with Crippen LogP contribution in [0.4, 0.5) is 24.0 Å². The van der Waals surface area contributed by atoms with E-state index in [0.29, 0.717) is 16.4 Å². The molecule has 0 unspecified atom stereocenters. The number of benzene rings is 1. The van der Waals surface area contributed by atoms with Gasteiger partial charge >= 0.3 is 6.18 Å². The minimum absolute atomic E-state index is 0.180. The highest BCUT2D eigenvalue weighted by Crippen LogP contribution is 2.34. The lowest BCUT2D eigenvalue weighted by molar-refractivity contribution is -0.137. The second-order valence-corrected chi connectivity index (χ2v) is 7.74. The van der Waals surface area contributed by atoms with Crippen molar-refractivity contribution in [2.24, 2.45) is 0 Å². The second kappa shape index (κ2) is 9.15. The van der Waals surface area contributed by atoms with Crippen molar-refractivity contribution < 1.29 is 18.0 Å². The molecule has 0 bridgehead atoms. The highest BCUT2D eigenvalue weighted by molar-refractivity contribution is 7.16. The van der Waals surface area contributed by atoms with Crippen LogP contribution >= 0.6 is 11.3 Å². The molecule has 6 nitrogen and oxygen atoms in total. The summed E-state index contributed by atoms with van der Waals surface area (Å²) < 4.78 is 39.1. The lowest BCUT2D eigenvalue weighted by atomic mass is 10.2. The molecule has 4 aromatic rings. The Morgan fingerprint density at radius 2 is 1.78 bits per heavy atom. The third kappa shape index (κ3) is 5.09. The standard InChI is InChI=1S/C22H16F3N5OS/c23-22(24,25)16-6-1-7-17(10-16)29-21-30-19(14-4-2-8-26-11-14)18(32-21)13-28-20(31)15-5-3-9-27-12-15/h1-12H,13H2,(H,28,31)(H,29,30). The molecule has 4 rings (SSSR count). The van der Waals surface area contributed by atoms with E-state index in [1.54, 1.807) is 36.8 Å². The smallest absolute Gasteiger partial charge is 0.347 e.